The van der Waals surface area contributed by atoms with Gasteiger partial charge in [0.1, 0.15) is 11.5 Å². The molecule has 1 unspecified atom stereocenters. The van der Waals surface area contributed by atoms with Crippen molar-refractivity contribution in [3.05, 3.63) is 60.3 Å². The number of benzene rings is 2. The zero-order valence-corrected chi connectivity index (χ0v) is 18.6. The third kappa shape index (κ3) is 4.40. The Hall–Kier alpha value is -3.52. The first-order valence-electron chi connectivity index (χ1n) is 10.6. The van der Waals surface area contributed by atoms with Crippen LogP contribution in [0.5, 0.6) is 11.5 Å². The van der Waals surface area contributed by atoms with E-state index in [1.54, 1.807) is 19.1 Å². The van der Waals surface area contributed by atoms with Crippen molar-refractivity contribution in [3.63, 3.8) is 0 Å². The largest absolute Gasteiger partial charge is 0.497 e. The number of hydroxylamine groups is 2. The van der Waals surface area contributed by atoms with Crippen LogP contribution in [-0.2, 0) is 0 Å². The maximum absolute atomic E-state index is 12.3. The number of urea groups is 1. The van der Waals surface area contributed by atoms with Gasteiger partial charge in [-0.1, -0.05) is 0 Å². The number of rotatable bonds is 5. The second-order valence-corrected chi connectivity index (χ2v) is 7.88. The van der Waals surface area contributed by atoms with Gasteiger partial charge in [0, 0.05) is 31.6 Å². The number of likely N-dealkylation sites (tertiary alicyclic amines) is 1. The molecule has 2 amide bonds. The van der Waals surface area contributed by atoms with Crippen LogP contribution in [0.4, 0.5) is 4.79 Å². The van der Waals surface area contributed by atoms with Gasteiger partial charge >= 0.3 is 6.03 Å². The molecule has 1 saturated heterocycles. The molecule has 8 heteroatoms. The third-order valence-corrected chi connectivity index (χ3v) is 5.82. The van der Waals surface area contributed by atoms with E-state index in [-0.39, 0.29) is 11.9 Å². The Bertz CT molecular complexity index is 996. The topological polar surface area (TPSA) is 80.1 Å². The van der Waals surface area contributed by atoms with Gasteiger partial charge in [0.05, 0.1) is 31.3 Å². The third-order valence-electron chi connectivity index (χ3n) is 5.82. The molecule has 0 radical (unpaired) electrons. The van der Waals surface area contributed by atoms with E-state index in [1.807, 2.05) is 53.2 Å². The summed E-state index contributed by atoms with van der Waals surface area (Å²) in [6, 6.07) is 17.3. The first kappa shape index (κ1) is 21.7. The first-order chi connectivity index (χ1) is 15.5. The van der Waals surface area contributed by atoms with Gasteiger partial charge in [-0.05, 0) is 67.4 Å². The predicted molar refractivity (Wildman–Crippen MR) is 121 cm³/mol. The van der Waals surface area contributed by atoms with Gasteiger partial charge in [-0.25, -0.2) is 14.5 Å². The lowest BCUT2D eigenvalue weighted by Gasteiger charge is -2.32. The van der Waals surface area contributed by atoms with E-state index in [4.69, 9.17) is 14.6 Å². The van der Waals surface area contributed by atoms with Gasteiger partial charge in [-0.2, -0.15) is 5.10 Å². The van der Waals surface area contributed by atoms with Crippen LogP contribution in [0.25, 0.3) is 16.9 Å². The second-order valence-electron chi connectivity index (χ2n) is 7.88. The monoisotopic (exact) mass is 436 g/mol. The Morgan fingerprint density at radius 3 is 2.28 bits per heavy atom. The lowest BCUT2D eigenvalue weighted by molar-refractivity contribution is -0.0360. The lowest BCUT2D eigenvalue weighted by atomic mass is 9.94. The Labute approximate surface area is 187 Å². The number of piperidine rings is 1. The zero-order valence-electron chi connectivity index (χ0n) is 18.6. The van der Waals surface area contributed by atoms with E-state index in [2.05, 4.69) is 6.07 Å². The lowest BCUT2D eigenvalue weighted by Crippen LogP contribution is -2.44. The average molecular weight is 437 g/mol. The number of aromatic nitrogens is 2. The number of nitrogens with zero attached hydrogens (tertiary/aromatic N) is 4. The SMILES string of the molecule is COc1ccc(-c2cc(C3CCCN(C(=O)N(C)O)C3)nn2-c2ccc(OC)cc2)cc1. The van der Waals surface area contributed by atoms with Crippen molar-refractivity contribution < 1.29 is 19.5 Å². The van der Waals surface area contributed by atoms with Gasteiger partial charge < -0.3 is 14.4 Å². The molecule has 8 nitrogen and oxygen atoms in total. The van der Waals surface area contributed by atoms with Crippen LogP contribution in [0.3, 0.4) is 0 Å². The van der Waals surface area contributed by atoms with Crippen molar-refractivity contribution in [2.45, 2.75) is 18.8 Å². The van der Waals surface area contributed by atoms with E-state index in [9.17, 15) is 10.0 Å². The summed E-state index contributed by atoms with van der Waals surface area (Å²) in [7, 11) is 4.64. The van der Waals surface area contributed by atoms with E-state index < -0.39 is 0 Å². The Balaban J connectivity index is 1.72. The molecule has 2 heterocycles. The van der Waals surface area contributed by atoms with Crippen LogP contribution in [0.2, 0.25) is 0 Å². The van der Waals surface area contributed by atoms with Crippen molar-refractivity contribution in [3.8, 4) is 28.4 Å². The molecule has 32 heavy (non-hydrogen) atoms. The predicted octanol–water partition coefficient (Wildman–Crippen LogP) is 4.18. The number of hydrogen-bond donors (Lipinski definition) is 1. The minimum atomic E-state index is -0.389. The highest BCUT2D eigenvalue weighted by molar-refractivity contribution is 5.73. The smallest absolute Gasteiger partial charge is 0.343 e. The van der Waals surface area contributed by atoms with Crippen LogP contribution < -0.4 is 9.47 Å². The first-order valence-corrected chi connectivity index (χ1v) is 10.6. The summed E-state index contributed by atoms with van der Waals surface area (Å²) in [6.07, 6.45) is 1.79. The van der Waals surface area contributed by atoms with E-state index >= 15 is 0 Å². The van der Waals surface area contributed by atoms with E-state index in [1.165, 1.54) is 7.05 Å². The molecule has 1 aliphatic rings. The maximum Gasteiger partial charge on any atom is 0.343 e. The molecule has 1 aromatic heterocycles. The van der Waals surface area contributed by atoms with Crippen LogP contribution in [0, 0.1) is 0 Å². The maximum atomic E-state index is 12.3. The molecule has 1 fully saturated rings. The average Bonchev–Trinajstić information content (AvgIpc) is 3.29. The van der Waals surface area contributed by atoms with Gasteiger partial charge in [-0.3, -0.25) is 5.21 Å². The minimum Gasteiger partial charge on any atom is -0.497 e. The summed E-state index contributed by atoms with van der Waals surface area (Å²) in [5, 5.41) is 15.2. The van der Waals surface area contributed by atoms with Gasteiger partial charge in [0.15, 0.2) is 0 Å². The molecule has 1 N–H and O–H groups in total. The summed E-state index contributed by atoms with van der Waals surface area (Å²) in [4.78, 5) is 13.9. The Morgan fingerprint density at radius 1 is 1.06 bits per heavy atom. The Morgan fingerprint density at radius 2 is 1.69 bits per heavy atom. The van der Waals surface area contributed by atoms with Crippen molar-refractivity contribution in [2.24, 2.45) is 0 Å². The molecule has 4 rings (SSSR count). The van der Waals surface area contributed by atoms with Crippen LogP contribution in [0.15, 0.2) is 54.6 Å². The highest BCUT2D eigenvalue weighted by Gasteiger charge is 2.28. The van der Waals surface area contributed by atoms with E-state index in [0.717, 1.165) is 47.0 Å². The number of hydrogen-bond acceptors (Lipinski definition) is 5. The second kappa shape index (κ2) is 9.32. The number of carbonyl (C=O) groups is 1. The molecule has 3 aromatic rings. The summed E-state index contributed by atoms with van der Waals surface area (Å²) in [5.74, 6) is 1.66. The highest BCUT2D eigenvalue weighted by atomic mass is 16.5. The minimum absolute atomic E-state index is 0.0872. The van der Waals surface area contributed by atoms with Crippen molar-refractivity contribution in [1.29, 1.82) is 0 Å². The number of carbonyl (C=O) groups excluding carboxylic acids is 1. The summed E-state index contributed by atoms with van der Waals surface area (Å²) >= 11 is 0. The molecule has 168 valence electrons. The summed E-state index contributed by atoms with van der Waals surface area (Å²) in [6.45, 7) is 1.15. The molecule has 1 atom stereocenters. The fourth-order valence-electron chi connectivity index (χ4n) is 4.08. The van der Waals surface area contributed by atoms with Crippen LogP contribution in [0.1, 0.15) is 24.5 Å². The fraction of sp³-hybridized carbons (Fsp3) is 0.333. The van der Waals surface area contributed by atoms with E-state index in [0.29, 0.717) is 18.2 Å². The molecule has 0 saturated carbocycles. The normalized spacial score (nSPS) is 16.0. The molecule has 0 spiro atoms. The molecule has 2 aromatic carbocycles. The number of methoxy groups -OCH3 is 2. The standard InChI is InChI=1S/C24H28N4O4/c1-26(30)24(29)27-14-4-5-18(16-27)22-15-23(17-6-10-20(31-2)11-7-17)28(25-22)19-8-12-21(32-3)13-9-19/h6-13,15,18,30H,4-5,14,16H2,1-3H3. The van der Waals surface area contributed by atoms with Gasteiger partial charge in [-0.15, -0.1) is 0 Å². The van der Waals surface area contributed by atoms with Gasteiger partial charge in [0.2, 0.25) is 0 Å². The molecular formula is C24H28N4O4. The molecular weight excluding hydrogens is 408 g/mol. The fourth-order valence-corrected chi connectivity index (χ4v) is 4.08. The van der Waals surface area contributed by atoms with Crippen LogP contribution >= 0.6 is 0 Å². The quantitative estimate of drug-likeness (QED) is 0.480. The summed E-state index contributed by atoms with van der Waals surface area (Å²) in [5.41, 5.74) is 3.81. The number of amides is 2. The van der Waals surface area contributed by atoms with Crippen molar-refractivity contribution in [2.75, 3.05) is 34.4 Å². The molecule has 1 aliphatic heterocycles. The van der Waals surface area contributed by atoms with Crippen molar-refractivity contribution >= 4 is 6.03 Å². The van der Waals surface area contributed by atoms with Crippen LogP contribution in [-0.4, -0.2) is 65.3 Å². The van der Waals surface area contributed by atoms with Gasteiger partial charge in [0.25, 0.3) is 0 Å². The van der Waals surface area contributed by atoms with Crippen molar-refractivity contribution in [1.82, 2.24) is 19.7 Å². The summed E-state index contributed by atoms with van der Waals surface area (Å²) < 4.78 is 12.5. The zero-order chi connectivity index (χ0) is 22.7. The Kier molecular flexibility index (Phi) is 6.32. The highest BCUT2D eigenvalue weighted by Crippen LogP contribution is 2.32. The molecule has 0 bridgehead atoms. The number of ether oxygens (including phenoxy) is 2. The molecule has 0 aliphatic carbocycles.